The fraction of sp³-hybridized carbons (Fsp3) is 0.600. The van der Waals surface area contributed by atoms with Crippen molar-refractivity contribution in [1.82, 2.24) is 4.90 Å². The third-order valence-corrected chi connectivity index (χ3v) is 3.21. The van der Waals surface area contributed by atoms with Crippen molar-refractivity contribution in [2.75, 3.05) is 13.1 Å². The van der Waals surface area contributed by atoms with Crippen molar-refractivity contribution in [3.63, 3.8) is 0 Å². The van der Waals surface area contributed by atoms with E-state index in [9.17, 15) is 0 Å². The summed E-state index contributed by atoms with van der Waals surface area (Å²) in [4.78, 5) is 2.45. The van der Waals surface area contributed by atoms with Crippen LogP contribution in [0.3, 0.4) is 0 Å². The van der Waals surface area contributed by atoms with Gasteiger partial charge in [0.15, 0.2) is 0 Å². The molecule has 0 aliphatic carbocycles. The van der Waals surface area contributed by atoms with Crippen LogP contribution in [0.5, 0.6) is 0 Å². The van der Waals surface area contributed by atoms with E-state index in [2.05, 4.69) is 56.9 Å². The van der Waals surface area contributed by atoms with E-state index < -0.39 is 0 Å². The molecular weight excluding hydrogens is 208 g/mol. The Bertz CT molecular complexity index is 317. The van der Waals surface area contributed by atoms with E-state index in [1.807, 2.05) is 6.07 Å². The first-order valence-electron chi connectivity index (χ1n) is 6.56. The minimum Gasteiger partial charge on any atom is -0.321 e. The van der Waals surface area contributed by atoms with Crippen LogP contribution in [0.25, 0.3) is 0 Å². The van der Waals surface area contributed by atoms with Crippen LogP contribution in [-0.2, 0) is 5.54 Å². The average molecular weight is 234 g/mol. The van der Waals surface area contributed by atoms with Crippen LogP contribution in [-0.4, -0.2) is 24.0 Å². The van der Waals surface area contributed by atoms with Gasteiger partial charge >= 0.3 is 0 Å². The van der Waals surface area contributed by atoms with Crippen molar-refractivity contribution < 1.29 is 0 Å². The Kier molecular flexibility index (Phi) is 5.16. The van der Waals surface area contributed by atoms with Gasteiger partial charge in [-0.05, 0) is 39.3 Å². The van der Waals surface area contributed by atoms with Crippen molar-refractivity contribution in [3.8, 4) is 0 Å². The molecule has 0 fully saturated rings. The monoisotopic (exact) mass is 234 g/mol. The molecule has 0 saturated carbocycles. The highest BCUT2D eigenvalue weighted by atomic mass is 15.2. The second-order valence-electron chi connectivity index (χ2n) is 5.35. The minimum absolute atomic E-state index is 0.277. The third-order valence-electron chi connectivity index (χ3n) is 3.21. The lowest BCUT2D eigenvalue weighted by Crippen LogP contribution is -2.48. The zero-order valence-corrected chi connectivity index (χ0v) is 11.6. The number of hydrogen-bond donors (Lipinski definition) is 1. The largest absolute Gasteiger partial charge is 0.321 e. The van der Waals surface area contributed by atoms with Crippen molar-refractivity contribution in [2.24, 2.45) is 5.73 Å². The zero-order chi connectivity index (χ0) is 12.9. The third kappa shape index (κ3) is 4.14. The molecule has 0 aromatic heterocycles. The highest BCUT2D eigenvalue weighted by Gasteiger charge is 2.25. The summed E-state index contributed by atoms with van der Waals surface area (Å²) in [5.41, 5.74) is 7.40. The lowest BCUT2D eigenvalue weighted by Gasteiger charge is -2.35. The van der Waals surface area contributed by atoms with Crippen LogP contribution in [0, 0.1) is 0 Å². The predicted octanol–water partition coefficient (Wildman–Crippen LogP) is 2.98. The van der Waals surface area contributed by atoms with Gasteiger partial charge in [0, 0.05) is 12.6 Å². The lowest BCUT2D eigenvalue weighted by molar-refractivity contribution is 0.176. The molecule has 0 heterocycles. The van der Waals surface area contributed by atoms with Crippen molar-refractivity contribution >= 4 is 0 Å². The molecule has 96 valence electrons. The van der Waals surface area contributed by atoms with Gasteiger partial charge in [-0.25, -0.2) is 0 Å². The number of nitrogens with zero attached hydrogens (tertiary/aromatic N) is 1. The standard InChI is InChI=1S/C15H26N2/c1-5-11-17(13(2)3)12-15(4,16)14-9-7-6-8-10-14/h6-10,13H,5,11-12,16H2,1-4H3. The van der Waals surface area contributed by atoms with Gasteiger partial charge in [0.05, 0.1) is 5.54 Å². The van der Waals surface area contributed by atoms with Crippen LogP contribution < -0.4 is 5.73 Å². The first-order chi connectivity index (χ1) is 7.97. The van der Waals surface area contributed by atoms with Crippen molar-refractivity contribution in [1.29, 1.82) is 0 Å². The summed E-state index contributed by atoms with van der Waals surface area (Å²) in [7, 11) is 0. The van der Waals surface area contributed by atoms with Gasteiger partial charge in [-0.2, -0.15) is 0 Å². The second kappa shape index (κ2) is 6.18. The Hall–Kier alpha value is -0.860. The summed E-state index contributed by atoms with van der Waals surface area (Å²) in [6.07, 6.45) is 1.17. The lowest BCUT2D eigenvalue weighted by atomic mass is 9.92. The molecule has 0 aliphatic heterocycles. The number of hydrogen-bond acceptors (Lipinski definition) is 2. The molecule has 2 N–H and O–H groups in total. The molecule has 1 aromatic rings. The van der Waals surface area contributed by atoms with E-state index in [4.69, 9.17) is 5.73 Å². The molecule has 0 radical (unpaired) electrons. The van der Waals surface area contributed by atoms with Crippen LogP contribution in [0.4, 0.5) is 0 Å². The van der Waals surface area contributed by atoms with Gasteiger partial charge in [0.25, 0.3) is 0 Å². The fourth-order valence-corrected chi connectivity index (χ4v) is 2.14. The summed E-state index contributed by atoms with van der Waals surface area (Å²) in [5.74, 6) is 0. The van der Waals surface area contributed by atoms with Gasteiger partial charge < -0.3 is 5.73 Å². The molecular formula is C15H26N2. The Balaban J connectivity index is 2.77. The van der Waals surface area contributed by atoms with Gasteiger partial charge in [0.1, 0.15) is 0 Å². The molecule has 1 aromatic carbocycles. The topological polar surface area (TPSA) is 29.3 Å². The fourth-order valence-electron chi connectivity index (χ4n) is 2.14. The van der Waals surface area contributed by atoms with E-state index in [0.717, 1.165) is 13.1 Å². The Morgan fingerprint density at radius 2 is 1.82 bits per heavy atom. The number of rotatable bonds is 6. The Labute approximate surface area is 106 Å². The summed E-state index contributed by atoms with van der Waals surface area (Å²) < 4.78 is 0. The normalized spacial score (nSPS) is 15.2. The molecule has 2 nitrogen and oxygen atoms in total. The maximum Gasteiger partial charge on any atom is 0.0510 e. The molecule has 1 atom stereocenters. The maximum atomic E-state index is 6.47. The summed E-state index contributed by atoms with van der Waals surface area (Å²) in [5, 5.41) is 0. The van der Waals surface area contributed by atoms with Gasteiger partial charge in [-0.15, -0.1) is 0 Å². The predicted molar refractivity (Wildman–Crippen MR) is 75.0 cm³/mol. The number of benzene rings is 1. The smallest absolute Gasteiger partial charge is 0.0510 e. The molecule has 0 saturated heterocycles. The molecule has 0 bridgehead atoms. The molecule has 0 spiro atoms. The molecule has 2 heteroatoms. The first kappa shape index (κ1) is 14.2. The van der Waals surface area contributed by atoms with Crippen LogP contribution in [0.2, 0.25) is 0 Å². The summed E-state index contributed by atoms with van der Waals surface area (Å²) in [6, 6.07) is 10.9. The van der Waals surface area contributed by atoms with Gasteiger partial charge in [0.2, 0.25) is 0 Å². The van der Waals surface area contributed by atoms with Crippen molar-refractivity contribution in [2.45, 2.75) is 45.7 Å². The molecule has 17 heavy (non-hydrogen) atoms. The van der Waals surface area contributed by atoms with Gasteiger partial charge in [-0.1, -0.05) is 37.3 Å². The quantitative estimate of drug-likeness (QED) is 0.820. The maximum absolute atomic E-state index is 6.47. The molecule has 0 aliphatic rings. The van der Waals surface area contributed by atoms with Gasteiger partial charge in [-0.3, -0.25) is 4.90 Å². The van der Waals surface area contributed by atoms with E-state index in [-0.39, 0.29) is 5.54 Å². The summed E-state index contributed by atoms with van der Waals surface area (Å²) in [6.45, 7) is 10.8. The number of nitrogens with two attached hydrogens (primary N) is 1. The highest BCUT2D eigenvalue weighted by Crippen LogP contribution is 2.19. The van der Waals surface area contributed by atoms with E-state index in [1.165, 1.54) is 12.0 Å². The van der Waals surface area contributed by atoms with Crippen LogP contribution in [0.15, 0.2) is 30.3 Å². The minimum atomic E-state index is -0.277. The summed E-state index contributed by atoms with van der Waals surface area (Å²) >= 11 is 0. The van der Waals surface area contributed by atoms with Crippen LogP contribution in [0.1, 0.15) is 39.7 Å². The van der Waals surface area contributed by atoms with E-state index in [1.54, 1.807) is 0 Å². The molecule has 1 rings (SSSR count). The van der Waals surface area contributed by atoms with E-state index >= 15 is 0 Å². The van der Waals surface area contributed by atoms with Crippen LogP contribution >= 0.6 is 0 Å². The Morgan fingerprint density at radius 3 is 2.29 bits per heavy atom. The van der Waals surface area contributed by atoms with E-state index in [0.29, 0.717) is 6.04 Å². The highest BCUT2D eigenvalue weighted by molar-refractivity contribution is 5.23. The Morgan fingerprint density at radius 1 is 1.24 bits per heavy atom. The molecule has 0 amide bonds. The first-order valence-corrected chi connectivity index (χ1v) is 6.56. The SMILES string of the molecule is CCCN(CC(C)(N)c1ccccc1)C(C)C. The molecule has 1 unspecified atom stereocenters. The average Bonchev–Trinajstić information content (AvgIpc) is 2.29. The van der Waals surface area contributed by atoms with Crippen molar-refractivity contribution in [3.05, 3.63) is 35.9 Å². The second-order valence-corrected chi connectivity index (χ2v) is 5.35. The zero-order valence-electron chi connectivity index (χ0n) is 11.6.